The summed E-state index contributed by atoms with van der Waals surface area (Å²) in [7, 11) is 0. The Bertz CT molecular complexity index is 302. The van der Waals surface area contributed by atoms with Gasteiger partial charge in [0, 0.05) is 6.54 Å². The molecule has 0 amide bonds. The van der Waals surface area contributed by atoms with Gasteiger partial charge in [0.25, 0.3) is 0 Å². The molecule has 0 aromatic rings. The van der Waals surface area contributed by atoms with Gasteiger partial charge in [-0.25, -0.2) is 0 Å². The third kappa shape index (κ3) is 4.01. The Morgan fingerprint density at radius 2 is 1.43 bits per heavy atom. The van der Waals surface area contributed by atoms with Gasteiger partial charge in [0.15, 0.2) is 0 Å². The maximum Gasteiger partial charge on any atom is 0.00106 e. The van der Waals surface area contributed by atoms with Gasteiger partial charge in [-0.3, -0.25) is 0 Å². The van der Waals surface area contributed by atoms with E-state index in [0.717, 1.165) is 17.3 Å². The van der Waals surface area contributed by atoms with Gasteiger partial charge in [0.1, 0.15) is 0 Å². The molecule has 2 heteroatoms. The first-order valence-corrected chi connectivity index (χ1v) is 9.64. The van der Waals surface area contributed by atoms with E-state index in [9.17, 15) is 0 Å². The molecule has 0 bridgehead atoms. The molecule has 0 aromatic carbocycles. The zero-order chi connectivity index (χ0) is 14.7. The molecule has 0 radical (unpaired) electrons. The Morgan fingerprint density at radius 1 is 0.810 bits per heavy atom. The van der Waals surface area contributed by atoms with E-state index in [-0.39, 0.29) is 0 Å². The molecule has 21 heavy (non-hydrogen) atoms. The second-order valence-corrected chi connectivity index (χ2v) is 8.36. The van der Waals surface area contributed by atoms with Gasteiger partial charge in [-0.15, -0.1) is 0 Å². The van der Waals surface area contributed by atoms with Crippen molar-refractivity contribution < 1.29 is 0 Å². The lowest BCUT2D eigenvalue weighted by atomic mass is 9.66. The molecule has 0 atom stereocenters. The quantitative estimate of drug-likeness (QED) is 0.775. The molecule has 1 aliphatic carbocycles. The van der Waals surface area contributed by atoms with Crippen LogP contribution in [0.25, 0.3) is 0 Å². The van der Waals surface area contributed by atoms with Crippen molar-refractivity contribution in [1.29, 1.82) is 0 Å². The van der Waals surface area contributed by atoms with Crippen LogP contribution in [0.4, 0.5) is 0 Å². The highest BCUT2D eigenvalue weighted by atomic mass is 15.2. The molecule has 2 aliphatic heterocycles. The van der Waals surface area contributed by atoms with Crippen LogP contribution in [0.15, 0.2) is 0 Å². The van der Waals surface area contributed by atoms with Gasteiger partial charge in [-0.2, -0.15) is 0 Å². The summed E-state index contributed by atoms with van der Waals surface area (Å²) in [5.41, 5.74) is 0.759. The highest BCUT2D eigenvalue weighted by Crippen LogP contribution is 2.46. The first-order chi connectivity index (χ1) is 10.2. The minimum Gasteiger partial charge on any atom is -0.304 e. The fourth-order valence-corrected chi connectivity index (χ4v) is 4.93. The van der Waals surface area contributed by atoms with E-state index in [2.05, 4.69) is 23.6 Å². The van der Waals surface area contributed by atoms with Crippen LogP contribution in [0.1, 0.15) is 65.2 Å². The lowest BCUT2D eigenvalue weighted by Crippen LogP contribution is -2.45. The first-order valence-electron chi connectivity index (χ1n) is 9.64. The van der Waals surface area contributed by atoms with Gasteiger partial charge >= 0.3 is 0 Å². The van der Waals surface area contributed by atoms with Crippen LogP contribution in [0.3, 0.4) is 0 Å². The average Bonchev–Trinajstić information content (AvgIpc) is 2.54. The number of likely N-dealkylation sites (tertiary alicyclic amines) is 2. The van der Waals surface area contributed by atoms with E-state index < -0.39 is 0 Å². The molecule has 2 heterocycles. The van der Waals surface area contributed by atoms with Crippen molar-refractivity contribution in [3.05, 3.63) is 0 Å². The standard InChI is InChI=1S/C19H36N2/c1-3-20-12-6-18(7-13-20)16-21-14-10-19(11-15-21)8-4-17(2)5-9-19/h17-18H,3-16H2,1-2H3. The predicted molar refractivity (Wildman–Crippen MR) is 90.6 cm³/mol. The van der Waals surface area contributed by atoms with Crippen LogP contribution < -0.4 is 0 Å². The third-order valence-electron chi connectivity index (χ3n) is 6.92. The smallest absolute Gasteiger partial charge is 0.00106 e. The van der Waals surface area contributed by atoms with Crippen molar-refractivity contribution in [3.8, 4) is 0 Å². The Hall–Kier alpha value is -0.0800. The Balaban J connectivity index is 1.40. The summed E-state index contributed by atoms with van der Waals surface area (Å²) in [5.74, 6) is 1.98. The maximum absolute atomic E-state index is 2.80. The number of hydrogen-bond donors (Lipinski definition) is 0. The topological polar surface area (TPSA) is 6.48 Å². The maximum atomic E-state index is 2.80. The zero-order valence-electron chi connectivity index (χ0n) is 14.4. The SMILES string of the molecule is CCN1CCC(CN2CCC3(CCC(C)CC3)CC2)CC1. The lowest BCUT2D eigenvalue weighted by molar-refractivity contribution is 0.0416. The molecule has 0 N–H and O–H groups in total. The highest BCUT2D eigenvalue weighted by Gasteiger charge is 2.37. The molecule has 2 saturated heterocycles. The average molecular weight is 293 g/mol. The number of rotatable bonds is 3. The molecule has 3 aliphatic rings. The second-order valence-electron chi connectivity index (χ2n) is 8.36. The largest absolute Gasteiger partial charge is 0.304 e. The normalized spacial score (nSPS) is 30.0. The van der Waals surface area contributed by atoms with E-state index >= 15 is 0 Å². The van der Waals surface area contributed by atoms with E-state index in [0.29, 0.717) is 0 Å². The van der Waals surface area contributed by atoms with Gasteiger partial charge in [-0.1, -0.05) is 26.7 Å². The fourth-order valence-electron chi connectivity index (χ4n) is 4.93. The predicted octanol–water partition coefficient (Wildman–Crippen LogP) is 4.01. The monoisotopic (exact) mass is 292 g/mol. The first kappa shape index (κ1) is 15.8. The second kappa shape index (κ2) is 7.00. The van der Waals surface area contributed by atoms with Crippen LogP contribution in [0, 0.1) is 17.3 Å². The van der Waals surface area contributed by atoms with Crippen LogP contribution in [0.2, 0.25) is 0 Å². The van der Waals surface area contributed by atoms with Crippen LogP contribution in [-0.4, -0.2) is 49.1 Å². The zero-order valence-corrected chi connectivity index (χ0v) is 14.4. The number of piperidine rings is 2. The summed E-state index contributed by atoms with van der Waals surface area (Å²) in [6.07, 6.45) is 11.9. The van der Waals surface area contributed by atoms with Gasteiger partial charge in [0.2, 0.25) is 0 Å². The van der Waals surface area contributed by atoms with Crippen LogP contribution in [-0.2, 0) is 0 Å². The van der Waals surface area contributed by atoms with E-state index in [1.54, 1.807) is 0 Å². The summed E-state index contributed by atoms with van der Waals surface area (Å²) in [4.78, 5) is 5.42. The lowest BCUT2D eigenvalue weighted by Gasteiger charge is -2.46. The summed E-state index contributed by atoms with van der Waals surface area (Å²) >= 11 is 0. The molecular formula is C19H36N2. The summed E-state index contributed by atoms with van der Waals surface area (Å²) < 4.78 is 0. The van der Waals surface area contributed by atoms with Crippen molar-refractivity contribution in [3.63, 3.8) is 0 Å². The van der Waals surface area contributed by atoms with Crippen LogP contribution in [0.5, 0.6) is 0 Å². The molecule has 0 unspecified atom stereocenters. The third-order valence-corrected chi connectivity index (χ3v) is 6.92. The molecule has 3 fully saturated rings. The summed E-state index contributed by atoms with van der Waals surface area (Å²) in [6, 6.07) is 0. The summed E-state index contributed by atoms with van der Waals surface area (Å²) in [6.45, 7) is 12.9. The Kier molecular flexibility index (Phi) is 5.27. The molecule has 1 spiro atoms. The Labute approximate surface area is 132 Å². The number of hydrogen-bond acceptors (Lipinski definition) is 2. The Morgan fingerprint density at radius 3 is 2.00 bits per heavy atom. The van der Waals surface area contributed by atoms with Crippen molar-refractivity contribution in [2.24, 2.45) is 17.3 Å². The molecule has 1 saturated carbocycles. The van der Waals surface area contributed by atoms with Gasteiger partial charge in [0.05, 0.1) is 0 Å². The van der Waals surface area contributed by atoms with Crippen molar-refractivity contribution in [2.45, 2.75) is 65.2 Å². The minimum absolute atomic E-state index is 0.759. The molecule has 0 aromatic heterocycles. The van der Waals surface area contributed by atoms with Gasteiger partial charge < -0.3 is 9.80 Å². The van der Waals surface area contributed by atoms with E-state index in [1.165, 1.54) is 90.6 Å². The van der Waals surface area contributed by atoms with Gasteiger partial charge in [-0.05, 0) is 88.5 Å². The number of nitrogens with zero attached hydrogens (tertiary/aromatic N) is 2. The van der Waals surface area contributed by atoms with Crippen LogP contribution >= 0.6 is 0 Å². The van der Waals surface area contributed by atoms with Crippen molar-refractivity contribution in [2.75, 3.05) is 39.3 Å². The molecular weight excluding hydrogens is 256 g/mol. The highest BCUT2D eigenvalue weighted by molar-refractivity contribution is 4.90. The molecule has 3 rings (SSSR count). The molecule has 122 valence electrons. The molecule has 2 nitrogen and oxygen atoms in total. The van der Waals surface area contributed by atoms with Crippen molar-refractivity contribution in [1.82, 2.24) is 9.80 Å². The fraction of sp³-hybridized carbons (Fsp3) is 1.00. The minimum atomic E-state index is 0.759. The van der Waals surface area contributed by atoms with Crippen molar-refractivity contribution >= 4 is 0 Å². The van der Waals surface area contributed by atoms with E-state index in [1.807, 2.05) is 0 Å². The summed E-state index contributed by atoms with van der Waals surface area (Å²) in [5, 5.41) is 0. The van der Waals surface area contributed by atoms with E-state index in [4.69, 9.17) is 0 Å².